The summed E-state index contributed by atoms with van der Waals surface area (Å²) < 4.78 is 33.0. The van der Waals surface area contributed by atoms with Gasteiger partial charge < -0.3 is 14.5 Å². The van der Waals surface area contributed by atoms with Crippen LogP contribution in [0.3, 0.4) is 0 Å². The first-order chi connectivity index (χ1) is 11.4. The van der Waals surface area contributed by atoms with Crippen LogP contribution in [0.4, 0.5) is 8.78 Å². The van der Waals surface area contributed by atoms with E-state index in [1.54, 1.807) is 0 Å². The van der Waals surface area contributed by atoms with Crippen LogP contribution in [0.25, 0.3) is 0 Å². The molecule has 1 heterocycles. The lowest BCUT2D eigenvalue weighted by Crippen LogP contribution is -2.44. The number of halogens is 2. The molecule has 0 bridgehead atoms. The van der Waals surface area contributed by atoms with E-state index in [4.69, 9.17) is 4.74 Å². The highest BCUT2D eigenvalue weighted by Gasteiger charge is 2.24. The Kier molecular flexibility index (Phi) is 6.95. The Hall–Kier alpha value is -1.24. The predicted molar refractivity (Wildman–Crippen MR) is 92.4 cm³/mol. The minimum Gasteiger partial charge on any atom is -0.497 e. The van der Waals surface area contributed by atoms with Crippen molar-refractivity contribution in [2.75, 3.05) is 54.4 Å². The highest BCUT2D eigenvalue weighted by molar-refractivity contribution is 5.30. The van der Waals surface area contributed by atoms with E-state index >= 15 is 0 Å². The van der Waals surface area contributed by atoms with E-state index in [1.165, 1.54) is 19.2 Å². The summed E-state index contributed by atoms with van der Waals surface area (Å²) in [5.41, 5.74) is 0.134. The predicted octanol–water partition coefficient (Wildman–Crippen LogP) is 2.43. The lowest BCUT2D eigenvalue weighted by atomic mass is 10.0. The molecule has 0 saturated carbocycles. The normalized spacial score (nSPS) is 17.0. The van der Waals surface area contributed by atoms with E-state index in [0.29, 0.717) is 12.6 Å². The molecule has 4 nitrogen and oxygen atoms in total. The summed E-state index contributed by atoms with van der Waals surface area (Å²) in [7, 11) is 7.72. The largest absolute Gasteiger partial charge is 0.497 e. The molecular formula is C18H29F2N3O. The van der Waals surface area contributed by atoms with E-state index in [-0.39, 0.29) is 11.3 Å². The molecule has 0 aliphatic carbocycles. The lowest BCUT2D eigenvalue weighted by molar-refractivity contribution is 0.116. The zero-order chi connectivity index (χ0) is 17.7. The molecule has 0 atom stereocenters. The summed E-state index contributed by atoms with van der Waals surface area (Å²) in [4.78, 5) is 6.71. The van der Waals surface area contributed by atoms with Crippen LogP contribution < -0.4 is 4.74 Å². The molecule has 1 saturated heterocycles. The molecule has 0 unspecified atom stereocenters. The first-order valence-electron chi connectivity index (χ1n) is 8.50. The molecule has 0 radical (unpaired) electrons. The van der Waals surface area contributed by atoms with Crippen molar-refractivity contribution in [2.45, 2.75) is 25.4 Å². The molecule has 0 spiro atoms. The lowest BCUT2D eigenvalue weighted by Gasteiger charge is -2.37. The van der Waals surface area contributed by atoms with E-state index in [0.717, 1.165) is 39.0 Å². The molecule has 1 fully saturated rings. The molecular weight excluding hydrogens is 312 g/mol. The van der Waals surface area contributed by atoms with E-state index in [2.05, 4.69) is 35.8 Å². The fourth-order valence-electron chi connectivity index (χ4n) is 3.13. The van der Waals surface area contributed by atoms with Crippen LogP contribution in [0.2, 0.25) is 0 Å². The van der Waals surface area contributed by atoms with Crippen molar-refractivity contribution in [1.82, 2.24) is 14.7 Å². The van der Waals surface area contributed by atoms with Gasteiger partial charge in [0.1, 0.15) is 17.4 Å². The molecule has 6 heteroatoms. The van der Waals surface area contributed by atoms with Crippen molar-refractivity contribution in [1.29, 1.82) is 0 Å². The minimum atomic E-state index is -0.530. The van der Waals surface area contributed by atoms with E-state index < -0.39 is 11.6 Å². The van der Waals surface area contributed by atoms with Crippen molar-refractivity contribution in [3.05, 3.63) is 29.3 Å². The molecule has 0 amide bonds. The number of hydrogen-bond donors (Lipinski definition) is 0. The summed E-state index contributed by atoms with van der Waals surface area (Å²) in [6.07, 6.45) is 2.06. The average Bonchev–Trinajstić information content (AvgIpc) is 2.56. The number of rotatable bonds is 7. The third-order valence-corrected chi connectivity index (χ3v) is 4.81. The Morgan fingerprint density at radius 3 is 2.17 bits per heavy atom. The third kappa shape index (κ3) is 5.13. The SMILES string of the molecule is COc1cc(F)c(CN2CCC(N(C)CCN(C)C)CC2)c(F)c1. The molecule has 1 aliphatic rings. The van der Waals surface area contributed by atoms with Crippen LogP contribution in [0.5, 0.6) is 5.75 Å². The van der Waals surface area contributed by atoms with Gasteiger partial charge in [-0.25, -0.2) is 8.78 Å². The molecule has 0 aromatic heterocycles. The van der Waals surface area contributed by atoms with Gasteiger partial charge in [-0.05, 0) is 47.1 Å². The van der Waals surface area contributed by atoms with Crippen LogP contribution in [-0.4, -0.2) is 75.2 Å². The fourth-order valence-corrected chi connectivity index (χ4v) is 3.13. The number of methoxy groups -OCH3 is 1. The molecule has 2 rings (SSSR count). The summed E-state index contributed by atoms with van der Waals surface area (Å²) in [5, 5.41) is 0. The van der Waals surface area contributed by atoms with Crippen molar-refractivity contribution >= 4 is 0 Å². The third-order valence-electron chi connectivity index (χ3n) is 4.81. The fraction of sp³-hybridized carbons (Fsp3) is 0.667. The van der Waals surface area contributed by atoms with Gasteiger partial charge in [-0.15, -0.1) is 0 Å². The van der Waals surface area contributed by atoms with E-state index in [1.807, 2.05) is 0 Å². The van der Waals surface area contributed by atoms with Crippen molar-refractivity contribution in [2.24, 2.45) is 0 Å². The maximum atomic E-state index is 14.1. The van der Waals surface area contributed by atoms with Gasteiger partial charge >= 0.3 is 0 Å². The molecule has 1 aromatic carbocycles. The van der Waals surface area contributed by atoms with Gasteiger partial charge in [-0.3, -0.25) is 4.90 Å². The van der Waals surface area contributed by atoms with Crippen LogP contribution in [0.1, 0.15) is 18.4 Å². The second kappa shape index (κ2) is 8.74. The van der Waals surface area contributed by atoms with Gasteiger partial charge in [0.05, 0.1) is 7.11 Å². The average molecular weight is 341 g/mol. The van der Waals surface area contributed by atoms with Gasteiger partial charge in [0.2, 0.25) is 0 Å². The maximum Gasteiger partial charge on any atom is 0.134 e. The van der Waals surface area contributed by atoms with Gasteiger partial charge in [-0.2, -0.15) is 0 Å². The van der Waals surface area contributed by atoms with Crippen molar-refractivity contribution < 1.29 is 13.5 Å². The zero-order valence-corrected chi connectivity index (χ0v) is 15.2. The topological polar surface area (TPSA) is 19.0 Å². The number of ether oxygens (including phenoxy) is 1. The van der Waals surface area contributed by atoms with Crippen LogP contribution in [-0.2, 0) is 6.54 Å². The van der Waals surface area contributed by atoms with Gasteiger partial charge in [-0.1, -0.05) is 0 Å². The summed E-state index contributed by atoms with van der Waals surface area (Å²) in [5.74, 6) is -0.843. The zero-order valence-electron chi connectivity index (χ0n) is 15.2. The Morgan fingerprint density at radius 2 is 1.67 bits per heavy atom. The molecule has 24 heavy (non-hydrogen) atoms. The van der Waals surface area contributed by atoms with Crippen LogP contribution >= 0.6 is 0 Å². The quantitative estimate of drug-likeness (QED) is 0.758. The Bertz CT molecular complexity index is 508. The van der Waals surface area contributed by atoms with Gasteiger partial charge in [0, 0.05) is 43.4 Å². The summed E-state index contributed by atoms with van der Waals surface area (Å²) >= 11 is 0. The second-order valence-corrected chi connectivity index (χ2v) is 6.86. The minimum absolute atomic E-state index is 0.134. The standard InChI is InChI=1S/C18H29F2N3O/c1-21(2)9-10-22(3)14-5-7-23(8-6-14)13-16-17(19)11-15(24-4)12-18(16)20/h11-12,14H,5-10,13H2,1-4H3. The Balaban J connectivity index is 1.87. The number of nitrogens with zero attached hydrogens (tertiary/aromatic N) is 3. The first-order valence-corrected chi connectivity index (χ1v) is 8.50. The highest BCUT2D eigenvalue weighted by atomic mass is 19.1. The van der Waals surface area contributed by atoms with Crippen LogP contribution in [0.15, 0.2) is 12.1 Å². The molecule has 1 aliphatic heterocycles. The van der Waals surface area contributed by atoms with E-state index in [9.17, 15) is 8.78 Å². The maximum absolute atomic E-state index is 14.1. The number of hydrogen-bond acceptors (Lipinski definition) is 4. The Morgan fingerprint density at radius 1 is 1.08 bits per heavy atom. The summed E-state index contributed by atoms with van der Waals surface area (Å²) in [6.45, 7) is 4.12. The number of piperidine rings is 1. The number of likely N-dealkylation sites (tertiary alicyclic amines) is 1. The van der Waals surface area contributed by atoms with Crippen LogP contribution in [0, 0.1) is 11.6 Å². The second-order valence-electron chi connectivity index (χ2n) is 6.86. The number of likely N-dealkylation sites (N-methyl/N-ethyl adjacent to an activating group) is 2. The highest BCUT2D eigenvalue weighted by Crippen LogP contribution is 2.24. The first kappa shape index (κ1) is 19.1. The van der Waals surface area contributed by atoms with Gasteiger partial charge in [0.15, 0.2) is 0 Å². The van der Waals surface area contributed by atoms with Crippen molar-refractivity contribution in [3.8, 4) is 5.75 Å². The van der Waals surface area contributed by atoms with Gasteiger partial charge in [0.25, 0.3) is 0 Å². The smallest absolute Gasteiger partial charge is 0.134 e. The van der Waals surface area contributed by atoms with Crippen molar-refractivity contribution in [3.63, 3.8) is 0 Å². The molecule has 0 N–H and O–H groups in total. The Labute approximate surface area is 144 Å². The monoisotopic (exact) mass is 341 g/mol. The molecule has 136 valence electrons. The summed E-state index contributed by atoms with van der Waals surface area (Å²) in [6, 6.07) is 3.05. The number of benzene rings is 1. The molecule has 1 aromatic rings.